The molecule has 0 N–H and O–H groups in total. The minimum Gasteiger partial charge on any atom is -0.142 e. The zero-order valence-corrected chi connectivity index (χ0v) is 11.0. The van der Waals surface area contributed by atoms with Crippen LogP contribution in [0.25, 0.3) is 0 Å². The molecule has 0 bridgehead atoms. The van der Waals surface area contributed by atoms with Crippen molar-refractivity contribution < 1.29 is 0 Å². The van der Waals surface area contributed by atoms with Gasteiger partial charge in [-0.25, -0.2) is 0 Å². The molecule has 0 radical (unpaired) electrons. The predicted octanol–water partition coefficient (Wildman–Crippen LogP) is 5.11. The summed E-state index contributed by atoms with van der Waals surface area (Å²) in [4.78, 5) is 0. The van der Waals surface area contributed by atoms with E-state index in [9.17, 15) is 0 Å². The van der Waals surface area contributed by atoms with E-state index >= 15 is 0 Å². The van der Waals surface area contributed by atoms with Crippen LogP contribution >= 0.6 is 23.3 Å². The second-order valence-electron chi connectivity index (χ2n) is 3.69. The molecule has 1 atom stereocenters. The van der Waals surface area contributed by atoms with E-state index in [1.54, 1.807) is 0 Å². The first-order valence-electron chi connectivity index (χ1n) is 5.03. The molecule has 1 aliphatic heterocycles. The third-order valence-electron chi connectivity index (χ3n) is 2.25. The monoisotopic (exact) mass is 262 g/mol. The van der Waals surface area contributed by atoms with E-state index in [1.165, 1.54) is 37.0 Å². The quantitative estimate of drug-likeness (QED) is 0.604. The lowest BCUT2D eigenvalue weighted by atomic mass is 10.2. The average Bonchev–Trinajstić information content (AvgIpc) is 2.41. The smallest absolute Gasteiger partial charge is 0.00652 e. The van der Waals surface area contributed by atoms with E-state index in [0.29, 0.717) is 0 Å². The molecule has 2 heteroatoms. The van der Waals surface area contributed by atoms with Gasteiger partial charge in [-0.3, -0.25) is 0 Å². The summed E-state index contributed by atoms with van der Waals surface area (Å²) in [6.07, 6.45) is 7.70. The Morgan fingerprint density at radius 3 is 2.62 bits per heavy atom. The Hall–Kier alpha value is 0.310. The van der Waals surface area contributed by atoms with E-state index in [4.69, 9.17) is 0 Å². The van der Waals surface area contributed by atoms with Crippen LogP contribution in [-0.4, -0.2) is 5.75 Å². The molecular formula is C11H19BrS. The summed E-state index contributed by atoms with van der Waals surface area (Å²) in [7, 11) is -0.663. The maximum atomic E-state index is 3.86. The van der Waals surface area contributed by atoms with Crippen molar-refractivity contribution >= 4 is 23.3 Å². The van der Waals surface area contributed by atoms with Gasteiger partial charge in [0.25, 0.3) is 0 Å². The maximum absolute atomic E-state index is 3.86. The first kappa shape index (κ1) is 11.4. The van der Waals surface area contributed by atoms with E-state index in [2.05, 4.69) is 45.6 Å². The zero-order chi connectivity index (χ0) is 9.73. The number of allylic oxidation sites excluding steroid dienone is 2. The van der Waals surface area contributed by atoms with Crippen LogP contribution < -0.4 is 0 Å². The third kappa shape index (κ3) is 3.90. The van der Waals surface area contributed by atoms with Gasteiger partial charge >= 0.3 is 0 Å². The van der Waals surface area contributed by atoms with Crippen LogP contribution in [0.2, 0.25) is 0 Å². The summed E-state index contributed by atoms with van der Waals surface area (Å²) in [5, 5.41) is 4.76. The molecular weight excluding hydrogens is 244 g/mol. The van der Waals surface area contributed by atoms with Crippen LogP contribution in [0.15, 0.2) is 22.5 Å². The van der Waals surface area contributed by atoms with Crippen LogP contribution in [0.4, 0.5) is 0 Å². The Labute approximate surface area is 91.0 Å². The summed E-state index contributed by atoms with van der Waals surface area (Å²) in [6, 6.07) is 0. The van der Waals surface area contributed by atoms with Gasteiger partial charge in [0.2, 0.25) is 0 Å². The standard InChI is InChI=1S/C11H19BrS/c1-3-4-5-6-8-13(12)9-7-11(2)10-13/h7,9-10H,3-6,8H2,1-2H3. The topological polar surface area (TPSA) is 0 Å². The van der Waals surface area contributed by atoms with Crippen molar-refractivity contribution in [2.75, 3.05) is 5.75 Å². The van der Waals surface area contributed by atoms with Gasteiger partial charge in [-0.15, -0.1) is 8.46 Å². The van der Waals surface area contributed by atoms with Crippen molar-refractivity contribution in [3.63, 3.8) is 0 Å². The molecule has 1 unspecified atom stereocenters. The second kappa shape index (κ2) is 5.26. The first-order chi connectivity index (χ1) is 6.16. The Morgan fingerprint density at radius 1 is 1.31 bits per heavy atom. The van der Waals surface area contributed by atoms with E-state index < -0.39 is 8.46 Å². The van der Waals surface area contributed by atoms with Crippen LogP contribution in [0.1, 0.15) is 39.5 Å². The summed E-state index contributed by atoms with van der Waals surface area (Å²) in [6.45, 7) is 4.44. The molecule has 1 heterocycles. The van der Waals surface area contributed by atoms with Gasteiger partial charge in [0.1, 0.15) is 0 Å². The lowest BCUT2D eigenvalue weighted by Crippen LogP contribution is -1.89. The molecule has 0 spiro atoms. The molecule has 0 fully saturated rings. The van der Waals surface area contributed by atoms with E-state index in [1.807, 2.05) is 0 Å². The molecule has 76 valence electrons. The fourth-order valence-corrected chi connectivity index (χ4v) is 5.50. The SMILES string of the molecule is CCCCCCS1(Br)C=CC(C)=C1. The fourth-order valence-electron chi connectivity index (χ4n) is 1.49. The summed E-state index contributed by atoms with van der Waals surface area (Å²) < 4.78 is 0. The molecule has 1 rings (SSSR count). The second-order valence-corrected chi connectivity index (χ2v) is 9.73. The molecule has 0 saturated carbocycles. The number of hydrogen-bond donors (Lipinski definition) is 0. The number of halogens is 1. The summed E-state index contributed by atoms with van der Waals surface area (Å²) in [5.41, 5.74) is 1.42. The van der Waals surface area contributed by atoms with Crippen LogP contribution in [-0.2, 0) is 0 Å². The highest BCUT2D eigenvalue weighted by atomic mass is 79.9. The highest BCUT2D eigenvalue weighted by Gasteiger charge is 2.17. The van der Waals surface area contributed by atoms with Crippen molar-refractivity contribution in [2.45, 2.75) is 39.5 Å². The van der Waals surface area contributed by atoms with Crippen molar-refractivity contribution in [1.29, 1.82) is 0 Å². The summed E-state index contributed by atoms with van der Waals surface area (Å²) in [5.74, 6) is 1.32. The van der Waals surface area contributed by atoms with Gasteiger partial charge in [0.15, 0.2) is 0 Å². The molecule has 0 nitrogen and oxygen atoms in total. The van der Waals surface area contributed by atoms with Crippen LogP contribution in [0.3, 0.4) is 0 Å². The van der Waals surface area contributed by atoms with E-state index in [-0.39, 0.29) is 0 Å². The predicted molar refractivity (Wildman–Crippen MR) is 68.4 cm³/mol. The van der Waals surface area contributed by atoms with Gasteiger partial charge in [-0.2, -0.15) is 0 Å². The largest absolute Gasteiger partial charge is 0.142 e. The Bertz CT molecular complexity index is 220. The fraction of sp³-hybridized carbons (Fsp3) is 0.636. The van der Waals surface area contributed by atoms with Crippen molar-refractivity contribution in [3.05, 3.63) is 22.5 Å². The Morgan fingerprint density at radius 2 is 2.08 bits per heavy atom. The minimum absolute atomic E-state index is 0.663. The Kier molecular flexibility index (Phi) is 4.60. The van der Waals surface area contributed by atoms with Crippen molar-refractivity contribution in [3.8, 4) is 0 Å². The molecule has 0 aromatic heterocycles. The van der Waals surface area contributed by atoms with Gasteiger partial charge in [-0.1, -0.05) is 32.3 Å². The Balaban J connectivity index is 2.25. The minimum atomic E-state index is -0.663. The van der Waals surface area contributed by atoms with Crippen molar-refractivity contribution in [2.24, 2.45) is 0 Å². The molecule has 0 aliphatic carbocycles. The lowest BCUT2D eigenvalue weighted by Gasteiger charge is -2.22. The van der Waals surface area contributed by atoms with E-state index in [0.717, 1.165) is 0 Å². The molecule has 0 saturated heterocycles. The molecule has 0 aromatic rings. The number of unbranched alkanes of at least 4 members (excludes halogenated alkanes) is 3. The number of rotatable bonds is 5. The highest BCUT2D eigenvalue weighted by Crippen LogP contribution is 2.62. The molecule has 0 aromatic carbocycles. The normalized spacial score (nSPS) is 31.5. The molecule has 1 aliphatic rings. The van der Waals surface area contributed by atoms with Crippen LogP contribution in [0.5, 0.6) is 0 Å². The van der Waals surface area contributed by atoms with Gasteiger partial charge in [0, 0.05) is 0 Å². The van der Waals surface area contributed by atoms with Gasteiger partial charge in [0.05, 0.1) is 0 Å². The summed E-state index contributed by atoms with van der Waals surface area (Å²) >= 11 is 3.86. The van der Waals surface area contributed by atoms with Crippen molar-refractivity contribution in [1.82, 2.24) is 0 Å². The highest BCUT2D eigenvalue weighted by molar-refractivity contribution is 9.59. The molecule has 13 heavy (non-hydrogen) atoms. The van der Waals surface area contributed by atoms with Gasteiger partial charge in [-0.05, 0) is 50.3 Å². The van der Waals surface area contributed by atoms with Crippen LogP contribution in [0, 0.1) is 0 Å². The zero-order valence-electron chi connectivity index (χ0n) is 8.55. The lowest BCUT2D eigenvalue weighted by molar-refractivity contribution is 0.706. The first-order valence-corrected chi connectivity index (χ1v) is 8.80. The third-order valence-corrected chi connectivity index (χ3v) is 6.70. The number of hydrogen-bond acceptors (Lipinski definition) is 0. The van der Waals surface area contributed by atoms with Gasteiger partial charge < -0.3 is 0 Å². The maximum Gasteiger partial charge on any atom is -0.00652 e. The molecule has 0 amide bonds. The average molecular weight is 263 g/mol.